The van der Waals surface area contributed by atoms with E-state index in [0.717, 1.165) is 36.4 Å². The van der Waals surface area contributed by atoms with Crippen LogP contribution in [0.2, 0.25) is 0 Å². The number of hydrogen-bond acceptors (Lipinski definition) is 6. The van der Waals surface area contributed by atoms with E-state index < -0.39 is 60.9 Å². The molecule has 2 atom stereocenters. The fraction of sp³-hybridized carbons (Fsp3) is 0.250. The van der Waals surface area contributed by atoms with Crippen molar-refractivity contribution in [1.82, 2.24) is 10.6 Å². The van der Waals surface area contributed by atoms with Gasteiger partial charge in [-0.25, -0.2) is 4.79 Å². The number of alkyl halides is 5. The van der Waals surface area contributed by atoms with E-state index in [2.05, 4.69) is 10.1 Å². The zero-order valence-corrected chi connectivity index (χ0v) is 25.0. The number of halogens is 5. The molecule has 0 aliphatic carbocycles. The minimum Gasteiger partial charge on any atom is -0.465 e. The van der Waals surface area contributed by atoms with Gasteiger partial charge in [-0.2, -0.15) is 8.78 Å². The van der Waals surface area contributed by atoms with Crippen molar-refractivity contribution in [3.63, 3.8) is 0 Å². The Labute approximate surface area is 261 Å². The van der Waals surface area contributed by atoms with Crippen LogP contribution in [0.15, 0.2) is 77.7 Å². The van der Waals surface area contributed by atoms with Gasteiger partial charge in [0.25, 0.3) is 5.91 Å². The molecule has 4 rings (SSSR count). The van der Waals surface area contributed by atoms with Crippen molar-refractivity contribution in [2.45, 2.75) is 42.0 Å². The van der Waals surface area contributed by atoms with Gasteiger partial charge >= 0.3 is 25.7 Å². The van der Waals surface area contributed by atoms with Crippen LogP contribution in [0.4, 0.5) is 32.4 Å². The van der Waals surface area contributed by atoms with Crippen LogP contribution in [0.1, 0.15) is 16.7 Å². The Balaban J connectivity index is 1.53. The summed E-state index contributed by atoms with van der Waals surface area (Å²) in [7, 11) is -5.83. The molecule has 2 unspecified atom stereocenters. The van der Waals surface area contributed by atoms with Crippen LogP contribution in [0, 0.1) is 0 Å². The van der Waals surface area contributed by atoms with Gasteiger partial charge in [0.15, 0.2) is 0 Å². The number of fused-ring (bicyclic) bond motifs is 1. The molecule has 0 spiro atoms. The van der Waals surface area contributed by atoms with Crippen molar-refractivity contribution in [2.24, 2.45) is 0 Å². The van der Waals surface area contributed by atoms with Crippen molar-refractivity contribution >= 4 is 43.0 Å². The molecular formula is C28H25F5N3O8PS. The molecule has 3 aromatic rings. The molecule has 3 amide bonds. The summed E-state index contributed by atoms with van der Waals surface area (Å²) < 4.78 is 80.8. The number of para-hydroxylation sites is 1. The van der Waals surface area contributed by atoms with E-state index in [1.807, 2.05) is 5.32 Å². The van der Waals surface area contributed by atoms with Crippen molar-refractivity contribution in [3.8, 4) is 5.75 Å². The van der Waals surface area contributed by atoms with Crippen molar-refractivity contribution in [3.05, 3.63) is 89.5 Å². The number of carbonyl (C=O) groups is 3. The molecule has 0 bridgehead atoms. The first-order valence-corrected chi connectivity index (χ1v) is 15.7. The summed E-state index contributed by atoms with van der Waals surface area (Å²) >= 11 is 1.23. The van der Waals surface area contributed by atoms with E-state index in [-0.39, 0.29) is 24.3 Å². The molecule has 246 valence electrons. The van der Waals surface area contributed by atoms with Gasteiger partial charge in [-0.1, -0.05) is 48.5 Å². The smallest absolute Gasteiger partial charge is 0.465 e. The number of carbonyl (C=O) groups excluding carboxylic acids is 2. The second kappa shape index (κ2) is 13.7. The van der Waals surface area contributed by atoms with Crippen LogP contribution >= 0.6 is 19.4 Å². The predicted octanol–water partition coefficient (Wildman–Crippen LogP) is 4.81. The third-order valence-corrected chi connectivity index (χ3v) is 8.81. The Kier molecular flexibility index (Phi) is 10.3. The van der Waals surface area contributed by atoms with Gasteiger partial charge in [-0.05, 0) is 35.4 Å². The zero-order chi connectivity index (χ0) is 33.9. The molecule has 0 aromatic heterocycles. The molecule has 0 saturated heterocycles. The van der Waals surface area contributed by atoms with Crippen LogP contribution in [0.5, 0.6) is 5.75 Å². The molecule has 5 N–H and O–H groups in total. The summed E-state index contributed by atoms with van der Waals surface area (Å²) in [6.07, 6.45) is -6.86. The summed E-state index contributed by atoms with van der Waals surface area (Å²) in [5, 5.41) is 13.9. The second-order valence-corrected chi connectivity index (χ2v) is 12.7. The third-order valence-electron chi connectivity index (χ3n) is 6.66. The molecule has 3 aromatic carbocycles. The van der Waals surface area contributed by atoms with E-state index in [1.54, 1.807) is 24.3 Å². The van der Waals surface area contributed by atoms with Gasteiger partial charge in [0.05, 0.1) is 12.2 Å². The number of rotatable bonds is 10. The summed E-state index contributed by atoms with van der Waals surface area (Å²) in [6.45, 7) is -0.0997. The number of carboxylic acid groups (broad SMARTS) is 1. The number of nitrogens with one attached hydrogen (secondary N) is 2. The Hall–Kier alpha value is -4.18. The average molecular weight is 690 g/mol. The van der Waals surface area contributed by atoms with E-state index in [4.69, 9.17) is 9.79 Å². The Morgan fingerprint density at radius 2 is 1.59 bits per heavy atom. The lowest BCUT2D eigenvalue weighted by atomic mass is 10.0. The Bertz CT molecular complexity index is 1640. The highest BCUT2D eigenvalue weighted by atomic mass is 32.2. The maximum absolute atomic E-state index is 14.0. The highest BCUT2D eigenvalue weighted by Gasteiger charge is 2.50. The van der Waals surface area contributed by atoms with Crippen molar-refractivity contribution in [1.29, 1.82) is 0 Å². The molecule has 0 fully saturated rings. The van der Waals surface area contributed by atoms with Gasteiger partial charge in [0, 0.05) is 22.6 Å². The molecule has 1 heterocycles. The predicted molar refractivity (Wildman–Crippen MR) is 154 cm³/mol. The molecule has 0 radical (unpaired) electrons. The number of amides is 3. The molecule has 46 heavy (non-hydrogen) atoms. The standard InChI is InChI=1S/C28H25F5N3O8PS/c29-27(30,45(41,42)43)18-9-5-16(6-10-18)13-20(35-26(39)40)24(37)34-21-15-46-23-4-2-1-3-22(23)36(25(21)38)14-17-7-11-19(12-8-17)44-28(31,32)33/h1-12,20-21,35H,13-15H2,(H,34,37)(H,39,40)(H2,41,42,43). The minimum atomic E-state index is -5.83. The van der Waals surface area contributed by atoms with Crippen LogP contribution in [-0.4, -0.2) is 57.0 Å². The highest BCUT2D eigenvalue weighted by molar-refractivity contribution is 7.99. The van der Waals surface area contributed by atoms with Gasteiger partial charge in [-0.15, -0.1) is 24.9 Å². The SMILES string of the molecule is O=C(O)NC(Cc1ccc(C(F)(F)P(=O)(O)O)cc1)C(=O)NC1CSc2ccccc2N(Cc2ccc(OC(F)(F)F)cc2)C1=O. The fourth-order valence-corrected chi connectivity index (χ4v) is 6.03. The summed E-state index contributed by atoms with van der Waals surface area (Å²) in [6, 6.07) is 12.5. The number of ether oxygens (including phenoxy) is 1. The maximum atomic E-state index is 14.0. The fourth-order valence-electron chi connectivity index (χ4n) is 4.47. The molecule has 1 aliphatic heterocycles. The van der Waals surface area contributed by atoms with Gasteiger partial charge < -0.3 is 35.2 Å². The van der Waals surface area contributed by atoms with Crippen LogP contribution in [0.25, 0.3) is 0 Å². The summed E-state index contributed by atoms with van der Waals surface area (Å²) in [4.78, 5) is 58.5. The van der Waals surface area contributed by atoms with E-state index in [0.29, 0.717) is 16.1 Å². The lowest BCUT2D eigenvalue weighted by Crippen LogP contribution is -2.55. The normalized spacial score (nSPS) is 16.2. The summed E-state index contributed by atoms with van der Waals surface area (Å²) in [5.74, 6) is -1.95. The number of anilines is 1. The first-order valence-electron chi connectivity index (χ1n) is 13.1. The second-order valence-electron chi connectivity index (χ2n) is 9.94. The van der Waals surface area contributed by atoms with Gasteiger partial charge in [0.2, 0.25) is 5.91 Å². The Morgan fingerprint density at radius 1 is 0.978 bits per heavy atom. The van der Waals surface area contributed by atoms with E-state index in [1.165, 1.54) is 28.8 Å². The first-order chi connectivity index (χ1) is 21.4. The zero-order valence-electron chi connectivity index (χ0n) is 23.3. The highest BCUT2D eigenvalue weighted by Crippen LogP contribution is 2.59. The molecule has 1 aliphatic rings. The molecule has 18 heteroatoms. The van der Waals surface area contributed by atoms with Gasteiger partial charge in [-0.3, -0.25) is 14.2 Å². The lowest BCUT2D eigenvalue weighted by molar-refractivity contribution is -0.274. The maximum Gasteiger partial charge on any atom is 0.573 e. The average Bonchev–Trinajstić information content (AvgIpc) is 3.09. The number of thioether (sulfide) groups is 1. The summed E-state index contributed by atoms with van der Waals surface area (Å²) in [5.41, 5.74) is -4.39. The first kappa shape index (κ1) is 34.7. The van der Waals surface area contributed by atoms with E-state index >= 15 is 0 Å². The monoisotopic (exact) mass is 689 g/mol. The Morgan fingerprint density at radius 3 is 2.17 bits per heavy atom. The van der Waals surface area contributed by atoms with Crippen LogP contribution < -0.4 is 20.3 Å². The third kappa shape index (κ3) is 8.54. The number of nitrogens with zero attached hydrogens (tertiary/aromatic N) is 1. The minimum absolute atomic E-state index is 0.0302. The number of hydrogen-bond donors (Lipinski definition) is 5. The molecule has 11 nitrogen and oxygen atoms in total. The van der Waals surface area contributed by atoms with Crippen LogP contribution in [0.3, 0.4) is 0 Å². The van der Waals surface area contributed by atoms with Crippen molar-refractivity contribution in [2.75, 3.05) is 10.7 Å². The largest absolute Gasteiger partial charge is 0.573 e. The van der Waals surface area contributed by atoms with Gasteiger partial charge in [0.1, 0.15) is 17.8 Å². The molecule has 0 saturated carbocycles. The topological polar surface area (TPSA) is 166 Å². The number of benzene rings is 3. The molecular weight excluding hydrogens is 664 g/mol. The van der Waals surface area contributed by atoms with Crippen LogP contribution in [-0.2, 0) is 32.8 Å². The lowest BCUT2D eigenvalue weighted by Gasteiger charge is -2.27. The van der Waals surface area contributed by atoms with Crippen molar-refractivity contribution < 1.29 is 60.5 Å². The van der Waals surface area contributed by atoms with E-state index in [9.17, 15) is 46.0 Å². The quantitative estimate of drug-likeness (QED) is 0.148.